The van der Waals surface area contributed by atoms with Crippen molar-refractivity contribution < 1.29 is 14.3 Å². The van der Waals surface area contributed by atoms with Gasteiger partial charge in [-0.1, -0.05) is 48.8 Å². The molecule has 2 aromatic carbocycles. The first kappa shape index (κ1) is 18.6. The number of hydrogen-bond donors (Lipinski definition) is 0. The second kappa shape index (κ2) is 7.23. The molecule has 0 aliphatic carbocycles. The number of hydrogen-bond acceptors (Lipinski definition) is 3. The summed E-state index contributed by atoms with van der Waals surface area (Å²) in [6, 6.07) is 15.0. The maximum absolute atomic E-state index is 12.5. The van der Waals surface area contributed by atoms with E-state index in [-0.39, 0.29) is 23.7 Å². The molecule has 1 amide bonds. The van der Waals surface area contributed by atoms with Crippen molar-refractivity contribution in [1.29, 1.82) is 0 Å². The molecule has 0 saturated carbocycles. The summed E-state index contributed by atoms with van der Waals surface area (Å²) < 4.78 is 6.44. The number of rotatable bonds is 3. The largest absolute Gasteiger partial charge is 0.426 e. The number of carbonyl (C=O) groups excluding carboxylic acids is 2. The predicted octanol–water partition coefficient (Wildman–Crippen LogP) is 4.71. The van der Waals surface area contributed by atoms with Gasteiger partial charge in [-0.05, 0) is 47.4 Å². The van der Waals surface area contributed by atoms with E-state index in [0.29, 0.717) is 12.3 Å². The van der Waals surface area contributed by atoms with E-state index in [4.69, 9.17) is 4.74 Å². The van der Waals surface area contributed by atoms with Gasteiger partial charge in [0.05, 0.1) is 5.92 Å². The molecule has 1 heterocycles. The summed E-state index contributed by atoms with van der Waals surface area (Å²) in [5, 5.41) is 0. The number of carbonyl (C=O) groups is 2. The molecule has 1 fully saturated rings. The third kappa shape index (κ3) is 4.15. The molecule has 0 radical (unpaired) electrons. The molecule has 0 aromatic heterocycles. The average Bonchev–Trinajstić information content (AvgIpc) is 2.97. The zero-order valence-electron chi connectivity index (χ0n) is 15.2. The highest BCUT2D eigenvalue weighted by Gasteiger charge is 2.36. The second-order valence-electron chi connectivity index (χ2n) is 7.58. The van der Waals surface area contributed by atoms with Gasteiger partial charge in [-0.15, -0.1) is 0 Å². The van der Waals surface area contributed by atoms with Gasteiger partial charge >= 0.3 is 5.97 Å². The summed E-state index contributed by atoms with van der Waals surface area (Å²) in [7, 11) is 0. The Bertz CT molecular complexity index is 807. The van der Waals surface area contributed by atoms with E-state index in [2.05, 4.69) is 36.7 Å². The second-order valence-corrected chi connectivity index (χ2v) is 8.49. The fourth-order valence-electron chi connectivity index (χ4n) is 2.96. The molecule has 1 saturated heterocycles. The van der Waals surface area contributed by atoms with Crippen molar-refractivity contribution in [1.82, 2.24) is 0 Å². The molecule has 3 rings (SSSR count). The van der Waals surface area contributed by atoms with Gasteiger partial charge in [0.1, 0.15) is 5.75 Å². The monoisotopic (exact) mass is 415 g/mol. The number of benzene rings is 2. The first-order valence-electron chi connectivity index (χ1n) is 8.62. The predicted molar refractivity (Wildman–Crippen MR) is 105 cm³/mol. The van der Waals surface area contributed by atoms with Crippen molar-refractivity contribution in [2.45, 2.75) is 32.6 Å². The van der Waals surface area contributed by atoms with Crippen LogP contribution >= 0.6 is 15.9 Å². The third-order valence-corrected chi connectivity index (χ3v) is 5.06. The highest BCUT2D eigenvalue weighted by molar-refractivity contribution is 9.10. The third-order valence-electron chi connectivity index (χ3n) is 4.54. The Kier molecular flexibility index (Phi) is 5.19. The SMILES string of the molecule is CC(C)(C)c1ccc(OC(=O)[C@@H]2CC(=O)N(c3ccc(Br)cc3)C2)cc1. The Balaban J connectivity index is 1.65. The van der Waals surface area contributed by atoms with Crippen LogP contribution in [0.4, 0.5) is 5.69 Å². The topological polar surface area (TPSA) is 46.6 Å². The van der Waals surface area contributed by atoms with Crippen LogP contribution in [0.2, 0.25) is 0 Å². The lowest BCUT2D eigenvalue weighted by molar-refractivity contribution is -0.139. The maximum atomic E-state index is 12.5. The van der Waals surface area contributed by atoms with Crippen LogP contribution in [-0.2, 0) is 15.0 Å². The van der Waals surface area contributed by atoms with Crippen LogP contribution in [0, 0.1) is 5.92 Å². The zero-order chi connectivity index (χ0) is 18.9. The Morgan fingerprint density at radius 1 is 1.08 bits per heavy atom. The van der Waals surface area contributed by atoms with Crippen molar-refractivity contribution in [3.05, 3.63) is 58.6 Å². The summed E-state index contributed by atoms with van der Waals surface area (Å²) in [4.78, 5) is 26.4. The van der Waals surface area contributed by atoms with Gasteiger partial charge in [0, 0.05) is 23.1 Å². The Morgan fingerprint density at radius 2 is 1.69 bits per heavy atom. The summed E-state index contributed by atoms with van der Waals surface area (Å²) in [6.07, 6.45) is 0.176. The van der Waals surface area contributed by atoms with Gasteiger partial charge in [-0.3, -0.25) is 9.59 Å². The molecule has 2 aromatic rings. The smallest absolute Gasteiger partial charge is 0.316 e. The quantitative estimate of drug-likeness (QED) is 0.538. The van der Waals surface area contributed by atoms with Crippen molar-refractivity contribution in [3.8, 4) is 5.75 Å². The van der Waals surface area contributed by atoms with Crippen molar-refractivity contribution in [2.24, 2.45) is 5.92 Å². The van der Waals surface area contributed by atoms with E-state index >= 15 is 0 Å². The molecule has 0 N–H and O–H groups in total. The number of anilines is 1. The van der Waals surface area contributed by atoms with Crippen molar-refractivity contribution >= 4 is 33.5 Å². The van der Waals surface area contributed by atoms with Crippen LogP contribution in [0.1, 0.15) is 32.8 Å². The zero-order valence-corrected chi connectivity index (χ0v) is 16.7. The van der Waals surface area contributed by atoms with Crippen molar-refractivity contribution in [2.75, 3.05) is 11.4 Å². The minimum atomic E-state index is -0.451. The molecule has 5 heteroatoms. The van der Waals surface area contributed by atoms with Gasteiger partial charge in [0.2, 0.25) is 5.91 Å². The lowest BCUT2D eigenvalue weighted by Crippen LogP contribution is -2.27. The highest BCUT2D eigenvalue weighted by atomic mass is 79.9. The van der Waals surface area contributed by atoms with Crippen LogP contribution in [0.25, 0.3) is 0 Å². The van der Waals surface area contributed by atoms with Gasteiger partial charge in [0.15, 0.2) is 0 Å². The summed E-state index contributed by atoms with van der Waals surface area (Å²) in [5.41, 5.74) is 2.02. The van der Waals surface area contributed by atoms with E-state index in [0.717, 1.165) is 10.2 Å². The fourth-order valence-corrected chi connectivity index (χ4v) is 3.22. The van der Waals surface area contributed by atoms with Crippen LogP contribution in [0.5, 0.6) is 5.75 Å². The van der Waals surface area contributed by atoms with E-state index in [1.165, 1.54) is 5.56 Å². The van der Waals surface area contributed by atoms with E-state index in [1.807, 2.05) is 48.5 Å². The van der Waals surface area contributed by atoms with Gasteiger partial charge in [0.25, 0.3) is 0 Å². The standard InChI is InChI=1S/C21H22BrNO3/c1-21(2,3)15-4-10-18(11-5-15)26-20(25)14-12-19(24)23(13-14)17-8-6-16(22)7-9-17/h4-11,14H,12-13H2,1-3H3/t14-/m1/s1. The maximum Gasteiger partial charge on any atom is 0.316 e. The van der Waals surface area contributed by atoms with E-state index < -0.39 is 5.92 Å². The fraction of sp³-hybridized carbons (Fsp3) is 0.333. The number of nitrogens with zero attached hydrogens (tertiary/aromatic N) is 1. The molecule has 0 bridgehead atoms. The molecule has 0 unspecified atom stereocenters. The molecule has 1 aliphatic rings. The molecule has 26 heavy (non-hydrogen) atoms. The first-order valence-corrected chi connectivity index (χ1v) is 9.41. The van der Waals surface area contributed by atoms with Gasteiger partial charge in [-0.2, -0.15) is 0 Å². The molecule has 1 atom stereocenters. The van der Waals surface area contributed by atoms with Crippen LogP contribution in [-0.4, -0.2) is 18.4 Å². The van der Waals surface area contributed by atoms with E-state index in [9.17, 15) is 9.59 Å². The number of esters is 1. The van der Waals surface area contributed by atoms with Gasteiger partial charge in [-0.25, -0.2) is 0 Å². The Morgan fingerprint density at radius 3 is 2.27 bits per heavy atom. The molecular formula is C21H22BrNO3. The lowest BCUT2D eigenvalue weighted by atomic mass is 9.87. The molecule has 4 nitrogen and oxygen atoms in total. The van der Waals surface area contributed by atoms with Crippen LogP contribution in [0.15, 0.2) is 53.0 Å². The number of halogens is 1. The molecule has 1 aliphatic heterocycles. The van der Waals surface area contributed by atoms with Gasteiger partial charge < -0.3 is 9.64 Å². The Labute approximate surface area is 162 Å². The Hall–Kier alpha value is -2.14. The molecule has 136 valence electrons. The minimum absolute atomic E-state index is 0.0472. The molecular weight excluding hydrogens is 394 g/mol. The van der Waals surface area contributed by atoms with Crippen molar-refractivity contribution in [3.63, 3.8) is 0 Å². The highest BCUT2D eigenvalue weighted by Crippen LogP contribution is 2.28. The van der Waals surface area contributed by atoms with Crippen LogP contribution < -0.4 is 9.64 Å². The number of ether oxygens (including phenoxy) is 1. The van der Waals surface area contributed by atoms with Crippen LogP contribution in [0.3, 0.4) is 0 Å². The van der Waals surface area contributed by atoms with E-state index in [1.54, 1.807) is 4.90 Å². The minimum Gasteiger partial charge on any atom is -0.426 e. The lowest BCUT2D eigenvalue weighted by Gasteiger charge is -2.19. The first-order chi connectivity index (χ1) is 12.2. The summed E-state index contributed by atoms with van der Waals surface area (Å²) in [5.74, 6) is -0.357. The number of amides is 1. The summed E-state index contributed by atoms with van der Waals surface area (Å²) >= 11 is 3.38. The molecule has 0 spiro atoms. The average molecular weight is 416 g/mol. The normalized spacial score (nSPS) is 17.5. The summed E-state index contributed by atoms with van der Waals surface area (Å²) in [6.45, 7) is 6.75.